The Morgan fingerprint density at radius 3 is 1.92 bits per heavy atom. The number of rotatable bonds is 11. The van der Waals surface area contributed by atoms with Crippen molar-refractivity contribution >= 4 is 35.1 Å². The minimum absolute atomic E-state index is 0. The molecule has 0 unspecified atom stereocenters. The van der Waals surface area contributed by atoms with Gasteiger partial charge < -0.3 is 30.8 Å². The molecule has 0 fully saturated rings. The van der Waals surface area contributed by atoms with Crippen molar-refractivity contribution in [2.75, 3.05) is 38.0 Å². The third-order valence-electron chi connectivity index (χ3n) is 5.22. The quantitative estimate of drug-likeness (QED) is 0.210. The highest BCUT2D eigenvalue weighted by molar-refractivity contribution is 6.27. The number of hydrogen-bond donors (Lipinski definition) is 3. The number of nitro benzene ring substituents is 1. The third-order valence-corrected chi connectivity index (χ3v) is 5.22. The summed E-state index contributed by atoms with van der Waals surface area (Å²) < 4.78 is 0. The van der Waals surface area contributed by atoms with Gasteiger partial charge in [-0.05, 0) is 62.5 Å². The van der Waals surface area contributed by atoms with E-state index in [2.05, 4.69) is 24.1 Å². The fourth-order valence-corrected chi connectivity index (χ4v) is 3.19. The Bertz CT molecular complexity index is 1150. The van der Waals surface area contributed by atoms with E-state index in [1.165, 1.54) is 29.2 Å². The number of aliphatic carboxylic acids is 2. The van der Waals surface area contributed by atoms with Crippen LogP contribution in [0, 0.1) is 21.4 Å². The second-order valence-electron chi connectivity index (χ2n) is 7.76. The number of carbonyl (C=O) groups excluding carboxylic acids is 2. The number of amides is 2. The van der Waals surface area contributed by atoms with Crippen LogP contribution in [0.3, 0.4) is 0 Å². The van der Waals surface area contributed by atoms with Crippen LogP contribution in [-0.2, 0) is 14.4 Å². The molecule has 39 heavy (non-hydrogen) atoms. The second-order valence-corrected chi connectivity index (χ2v) is 7.76. The molecule has 2 aromatic carbocycles. The van der Waals surface area contributed by atoms with Crippen LogP contribution in [0.5, 0.6) is 0 Å². The SMILES string of the molecule is CCN(CC)CCCN(CC(=O)Nc1ccc([N+](=O)[O-])cc1)C(=O)c1ccc(C#N)cc1.O.O=C(O)C(=O)O. The van der Waals surface area contributed by atoms with E-state index in [-0.39, 0.29) is 23.6 Å². The maximum absolute atomic E-state index is 13.0. The first-order chi connectivity index (χ1) is 18.0. The Hall–Kier alpha value is -4.87. The molecule has 0 saturated heterocycles. The van der Waals surface area contributed by atoms with Gasteiger partial charge in [0.1, 0.15) is 6.54 Å². The number of nitrogens with zero attached hydrogens (tertiary/aromatic N) is 4. The normalized spacial score (nSPS) is 9.69. The molecule has 0 radical (unpaired) electrons. The molecule has 14 heteroatoms. The molecular formula is C25H31N5O9. The lowest BCUT2D eigenvalue weighted by Gasteiger charge is -2.24. The molecule has 14 nitrogen and oxygen atoms in total. The van der Waals surface area contributed by atoms with E-state index in [0.717, 1.165) is 19.6 Å². The van der Waals surface area contributed by atoms with Crippen molar-refractivity contribution in [1.82, 2.24) is 9.80 Å². The number of anilines is 1. The highest BCUT2D eigenvalue weighted by Gasteiger charge is 2.19. The molecule has 210 valence electrons. The van der Waals surface area contributed by atoms with Gasteiger partial charge in [-0.1, -0.05) is 13.8 Å². The molecule has 0 spiro atoms. The van der Waals surface area contributed by atoms with Gasteiger partial charge in [0, 0.05) is 29.9 Å². The van der Waals surface area contributed by atoms with Crippen LogP contribution < -0.4 is 5.32 Å². The number of nitriles is 1. The number of nitro groups is 1. The zero-order valence-electron chi connectivity index (χ0n) is 21.5. The molecule has 0 aliphatic heterocycles. The zero-order chi connectivity index (χ0) is 28.7. The fourth-order valence-electron chi connectivity index (χ4n) is 3.19. The summed E-state index contributed by atoms with van der Waals surface area (Å²) in [5.41, 5.74) is 1.19. The van der Waals surface area contributed by atoms with E-state index in [1.54, 1.807) is 24.3 Å². The van der Waals surface area contributed by atoms with E-state index in [9.17, 15) is 19.7 Å². The van der Waals surface area contributed by atoms with E-state index in [4.69, 9.17) is 25.1 Å². The summed E-state index contributed by atoms with van der Waals surface area (Å²) >= 11 is 0. The van der Waals surface area contributed by atoms with Crippen molar-refractivity contribution in [1.29, 1.82) is 5.26 Å². The molecule has 0 heterocycles. The van der Waals surface area contributed by atoms with Gasteiger partial charge in [0.05, 0.1) is 16.6 Å². The summed E-state index contributed by atoms with van der Waals surface area (Å²) in [7, 11) is 0. The number of carboxylic acid groups (broad SMARTS) is 2. The van der Waals surface area contributed by atoms with Crippen LogP contribution in [-0.4, -0.2) is 86.9 Å². The topological polar surface area (TPSA) is 226 Å². The van der Waals surface area contributed by atoms with Crippen LogP contribution in [0.15, 0.2) is 48.5 Å². The Kier molecular flexibility index (Phi) is 15.4. The molecule has 0 aliphatic rings. The van der Waals surface area contributed by atoms with Gasteiger partial charge >= 0.3 is 11.9 Å². The summed E-state index contributed by atoms with van der Waals surface area (Å²) in [4.78, 5) is 57.8. The maximum Gasteiger partial charge on any atom is 0.414 e. The van der Waals surface area contributed by atoms with E-state index in [1.807, 2.05) is 6.07 Å². The van der Waals surface area contributed by atoms with Crippen LogP contribution >= 0.6 is 0 Å². The lowest BCUT2D eigenvalue weighted by atomic mass is 10.1. The molecule has 0 bridgehead atoms. The van der Waals surface area contributed by atoms with Gasteiger partial charge in [-0.15, -0.1) is 0 Å². The van der Waals surface area contributed by atoms with Gasteiger partial charge in [-0.2, -0.15) is 5.26 Å². The molecule has 0 saturated carbocycles. The van der Waals surface area contributed by atoms with Gasteiger partial charge in [0.2, 0.25) is 5.91 Å². The Balaban J connectivity index is 0.00000185. The van der Waals surface area contributed by atoms with Crippen LogP contribution in [0.4, 0.5) is 11.4 Å². The minimum atomic E-state index is -1.82. The Labute approximate surface area is 224 Å². The van der Waals surface area contributed by atoms with Crippen molar-refractivity contribution in [3.05, 3.63) is 69.8 Å². The molecule has 0 aromatic heterocycles. The predicted octanol–water partition coefficient (Wildman–Crippen LogP) is 1.61. The smallest absolute Gasteiger partial charge is 0.414 e. The van der Waals surface area contributed by atoms with Crippen LogP contribution in [0.2, 0.25) is 0 Å². The highest BCUT2D eigenvalue weighted by atomic mass is 16.6. The first-order valence-corrected chi connectivity index (χ1v) is 11.5. The zero-order valence-corrected chi connectivity index (χ0v) is 21.5. The summed E-state index contributed by atoms with van der Waals surface area (Å²) in [6.07, 6.45) is 0.703. The van der Waals surface area contributed by atoms with Crippen molar-refractivity contribution < 1.29 is 39.8 Å². The summed E-state index contributed by atoms with van der Waals surface area (Å²) in [5.74, 6) is -4.35. The minimum Gasteiger partial charge on any atom is -0.473 e. The van der Waals surface area contributed by atoms with E-state index >= 15 is 0 Å². The third kappa shape index (κ3) is 12.3. The lowest BCUT2D eigenvalue weighted by Crippen LogP contribution is -2.39. The number of carbonyl (C=O) groups is 4. The van der Waals surface area contributed by atoms with Crippen molar-refractivity contribution in [3.63, 3.8) is 0 Å². The number of nitrogens with one attached hydrogen (secondary N) is 1. The summed E-state index contributed by atoms with van der Waals surface area (Å²) in [5, 5.41) is 37.2. The van der Waals surface area contributed by atoms with Gasteiger partial charge in [-0.3, -0.25) is 19.7 Å². The van der Waals surface area contributed by atoms with E-state index < -0.39 is 22.8 Å². The molecule has 0 aliphatic carbocycles. The number of hydrogen-bond acceptors (Lipinski definition) is 8. The standard InChI is InChI=1S/C23H27N5O4.C2H2O4.H2O/c1-3-26(4-2)14-5-15-27(23(30)19-8-6-18(16-24)7-9-19)17-22(29)25-20-10-12-21(13-11-20)28(31)32;3-1(4)2(5)6;/h6-13H,3-5,14-15,17H2,1-2H3,(H,25,29);(H,3,4)(H,5,6);1H2. The Morgan fingerprint density at radius 2 is 1.49 bits per heavy atom. The predicted molar refractivity (Wildman–Crippen MR) is 140 cm³/mol. The fraction of sp³-hybridized carbons (Fsp3) is 0.320. The Morgan fingerprint density at radius 1 is 0.949 bits per heavy atom. The summed E-state index contributed by atoms with van der Waals surface area (Å²) in [6, 6.07) is 13.8. The number of non-ortho nitro benzene ring substituents is 1. The maximum atomic E-state index is 13.0. The summed E-state index contributed by atoms with van der Waals surface area (Å²) in [6.45, 7) is 6.98. The molecule has 5 N–H and O–H groups in total. The van der Waals surface area contributed by atoms with Crippen LogP contribution in [0.25, 0.3) is 0 Å². The first kappa shape index (κ1) is 34.1. The average molecular weight is 546 g/mol. The second kappa shape index (κ2) is 17.6. The van der Waals surface area contributed by atoms with Crippen molar-refractivity contribution in [3.8, 4) is 6.07 Å². The molecule has 2 aromatic rings. The van der Waals surface area contributed by atoms with Crippen molar-refractivity contribution in [2.24, 2.45) is 0 Å². The van der Waals surface area contributed by atoms with E-state index in [0.29, 0.717) is 29.8 Å². The molecule has 2 rings (SSSR count). The van der Waals surface area contributed by atoms with Crippen molar-refractivity contribution in [2.45, 2.75) is 20.3 Å². The number of benzene rings is 2. The van der Waals surface area contributed by atoms with Gasteiger partial charge in [0.25, 0.3) is 11.6 Å². The first-order valence-electron chi connectivity index (χ1n) is 11.5. The molecule has 0 atom stereocenters. The molecular weight excluding hydrogens is 514 g/mol. The largest absolute Gasteiger partial charge is 0.473 e. The van der Waals surface area contributed by atoms with Gasteiger partial charge in [-0.25, -0.2) is 9.59 Å². The van der Waals surface area contributed by atoms with Gasteiger partial charge in [0.15, 0.2) is 0 Å². The monoisotopic (exact) mass is 545 g/mol. The molecule has 2 amide bonds. The average Bonchev–Trinajstić information content (AvgIpc) is 2.90. The highest BCUT2D eigenvalue weighted by Crippen LogP contribution is 2.16. The van der Waals surface area contributed by atoms with Crippen LogP contribution in [0.1, 0.15) is 36.2 Å². The number of carboxylic acids is 2. The lowest BCUT2D eigenvalue weighted by molar-refractivity contribution is -0.384.